The molecule has 1 saturated carbocycles. The van der Waals surface area contributed by atoms with Crippen LogP contribution >= 0.6 is 23.2 Å². The van der Waals surface area contributed by atoms with Gasteiger partial charge < -0.3 is 25.0 Å². The van der Waals surface area contributed by atoms with Gasteiger partial charge in [0.15, 0.2) is 5.75 Å². The van der Waals surface area contributed by atoms with Gasteiger partial charge in [-0.2, -0.15) is 0 Å². The molecule has 1 heterocycles. The van der Waals surface area contributed by atoms with Crippen molar-refractivity contribution in [2.75, 3.05) is 18.4 Å². The first-order chi connectivity index (χ1) is 17.3. The van der Waals surface area contributed by atoms with Crippen LogP contribution < -0.4 is 15.4 Å². The van der Waals surface area contributed by atoms with Gasteiger partial charge in [0.1, 0.15) is 25.1 Å². The molecule has 2 aromatic carbocycles. The van der Waals surface area contributed by atoms with Gasteiger partial charge in [-0.15, -0.1) is 0 Å². The van der Waals surface area contributed by atoms with E-state index in [1.165, 1.54) is 6.07 Å². The molecule has 2 N–H and O–H groups in total. The molecule has 0 aromatic heterocycles. The van der Waals surface area contributed by atoms with Crippen molar-refractivity contribution in [2.45, 2.75) is 58.3 Å². The third-order valence-electron chi connectivity index (χ3n) is 6.00. The van der Waals surface area contributed by atoms with E-state index in [2.05, 4.69) is 17.6 Å². The summed E-state index contributed by atoms with van der Waals surface area (Å²) in [5.74, 6) is 0.562. The van der Waals surface area contributed by atoms with E-state index >= 15 is 0 Å². The van der Waals surface area contributed by atoms with E-state index in [9.17, 15) is 9.18 Å². The highest BCUT2D eigenvalue weighted by Gasteiger charge is 2.39. The number of carbonyl (C=O) groups is 3. The Bertz CT molecular complexity index is 971. The fourth-order valence-corrected chi connectivity index (χ4v) is 4.42. The molecule has 0 bridgehead atoms. The average Bonchev–Trinajstić information content (AvgIpc) is 3.64. The van der Waals surface area contributed by atoms with E-state index in [0.717, 1.165) is 44.3 Å². The van der Waals surface area contributed by atoms with E-state index in [4.69, 9.17) is 37.5 Å². The van der Waals surface area contributed by atoms with Gasteiger partial charge in [-0.25, -0.2) is 4.39 Å². The van der Waals surface area contributed by atoms with E-state index in [1.807, 2.05) is 33.5 Å². The zero-order valence-electron chi connectivity index (χ0n) is 21.1. The van der Waals surface area contributed by atoms with Crippen molar-refractivity contribution < 1.29 is 23.5 Å². The lowest BCUT2D eigenvalue weighted by molar-refractivity contribution is -0.117. The van der Waals surface area contributed by atoms with E-state index in [0.29, 0.717) is 23.8 Å². The quantitative estimate of drug-likeness (QED) is 0.413. The summed E-state index contributed by atoms with van der Waals surface area (Å²) in [5, 5.41) is 6.66. The Hall–Kier alpha value is -2.48. The number of ether oxygens (including phenoxy) is 1. The van der Waals surface area contributed by atoms with Crippen molar-refractivity contribution in [3.63, 3.8) is 0 Å². The van der Waals surface area contributed by atoms with Crippen molar-refractivity contribution in [3.8, 4) is 11.5 Å². The second-order valence-electron chi connectivity index (χ2n) is 8.55. The van der Waals surface area contributed by atoms with Crippen LogP contribution in [-0.2, 0) is 19.8 Å². The molecular weight excluding hydrogens is 506 g/mol. The summed E-state index contributed by atoms with van der Waals surface area (Å²) in [6.45, 7) is 12.0. The van der Waals surface area contributed by atoms with E-state index < -0.39 is 0 Å². The van der Waals surface area contributed by atoms with Gasteiger partial charge in [-0.3, -0.25) is 4.79 Å². The molecule has 1 aliphatic carbocycles. The molecule has 2 aromatic rings. The second kappa shape index (κ2) is 15.6. The smallest absolute Gasteiger partial charge is 0.224 e. The Labute approximate surface area is 222 Å². The normalized spacial score (nSPS) is 15.5. The third kappa shape index (κ3) is 9.19. The van der Waals surface area contributed by atoms with Gasteiger partial charge in [0.25, 0.3) is 0 Å². The van der Waals surface area contributed by atoms with Crippen LogP contribution in [-0.4, -0.2) is 32.6 Å². The Morgan fingerprint density at radius 3 is 2.14 bits per heavy atom. The SMILES string of the molecule is C=O.C=O.CC.CC1(c2cc(F)cc(Oc3c(Cl)cc(NC(=O)CC4CCNCC4)cc3Cl)c2)CC1. The van der Waals surface area contributed by atoms with E-state index in [1.54, 1.807) is 18.2 Å². The molecular formula is C27H35Cl2FN2O4. The standard InChI is InChI=1S/C23H25Cl2FN2O2.C2H6.2CH2O/c1-23(4-5-23)15-9-16(26)11-18(10-15)30-22-19(24)12-17(13-20(22)25)28-21(29)8-14-2-6-27-7-3-14;3*1-2/h9-14,27H,2-8H2,1H3,(H,28,29);1-2H3;2*1H2. The summed E-state index contributed by atoms with van der Waals surface area (Å²) >= 11 is 12.8. The molecule has 1 aliphatic heterocycles. The maximum Gasteiger partial charge on any atom is 0.224 e. The minimum Gasteiger partial charge on any atom is -0.454 e. The van der Waals surface area contributed by atoms with Crippen LogP contribution in [0.4, 0.5) is 10.1 Å². The molecule has 36 heavy (non-hydrogen) atoms. The summed E-state index contributed by atoms with van der Waals surface area (Å²) < 4.78 is 19.9. The van der Waals surface area contributed by atoms with Crippen LogP contribution in [0, 0.1) is 11.7 Å². The number of hydrogen-bond donors (Lipinski definition) is 2. The highest BCUT2D eigenvalue weighted by molar-refractivity contribution is 6.37. The van der Waals surface area contributed by atoms with Crippen LogP contribution in [0.15, 0.2) is 30.3 Å². The lowest BCUT2D eigenvalue weighted by atomic mass is 9.94. The largest absolute Gasteiger partial charge is 0.454 e. The molecule has 0 unspecified atom stereocenters. The molecule has 1 amide bonds. The molecule has 4 rings (SSSR count). The van der Waals surface area contributed by atoms with Crippen LogP contribution in [0.1, 0.15) is 58.4 Å². The lowest BCUT2D eigenvalue weighted by Crippen LogP contribution is -2.30. The van der Waals surface area contributed by atoms with Gasteiger partial charge >= 0.3 is 0 Å². The fourth-order valence-electron chi connectivity index (χ4n) is 3.85. The molecule has 0 spiro atoms. The third-order valence-corrected chi connectivity index (χ3v) is 6.56. The zero-order chi connectivity index (χ0) is 27.3. The summed E-state index contributed by atoms with van der Waals surface area (Å²) in [4.78, 5) is 28.4. The van der Waals surface area contributed by atoms with Gasteiger partial charge in [0.2, 0.25) is 5.91 Å². The Morgan fingerprint density at radius 1 is 1.06 bits per heavy atom. The van der Waals surface area contributed by atoms with Crippen LogP contribution in [0.2, 0.25) is 10.0 Å². The van der Waals surface area contributed by atoms with Gasteiger partial charge in [0, 0.05) is 18.2 Å². The van der Waals surface area contributed by atoms with Crippen molar-refractivity contribution in [3.05, 3.63) is 51.8 Å². The first-order valence-corrected chi connectivity index (χ1v) is 12.6. The molecule has 0 atom stereocenters. The van der Waals surface area contributed by atoms with Crippen molar-refractivity contribution >= 4 is 48.4 Å². The molecule has 2 aliphatic rings. The topological polar surface area (TPSA) is 84.5 Å². The van der Waals surface area contributed by atoms with Crippen LogP contribution in [0.25, 0.3) is 0 Å². The summed E-state index contributed by atoms with van der Waals surface area (Å²) in [6.07, 6.45) is 4.53. The summed E-state index contributed by atoms with van der Waals surface area (Å²) in [6, 6.07) is 7.90. The highest BCUT2D eigenvalue weighted by atomic mass is 35.5. The number of carbonyl (C=O) groups excluding carboxylic acids is 3. The minimum absolute atomic E-state index is 0.0103. The number of piperidine rings is 1. The number of benzene rings is 2. The first kappa shape index (κ1) is 31.5. The van der Waals surface area contributed by atoms with Crippen LogP contribution in [0.3, 0.4) is 0 Å². The van der Waals surface area contributed by atoms with E-state index in [-0.39, 0.29) is 32.9 Å². The number of hydrogen-bond acceptors (Lipinski definition) is 5. The lowest BCUT2D eigenvalue weighted by Gasteiger charge is -2.22. The fraction of sp³-hybridized carbons (Fsp3) is 0.444. The Kier molecular flexibility index (Phi) is 13.7. The van der Waals surface area contributed by atoms with Crippen molar-refractivity contribution in [1.82, 2.24) is 5.32 Å². The molecule has 6 nitrogen and oxygen atoms in total. The summed E-state index contributed by atoms with van der Waals surface area (Å²) in [5.41, 5.74) is 1.43. The van der Waals surface area contributed by atoms with Gasteiger partial charge in [-0.05, 0) is 79.9 Å². The molecule has 1 saturated heterocycles. The average molecular weight is 541 g/mol. The van der Waals surface area contributed by atoms with Gasteiger partial charge in [0.05, 0.1) is 10.0 Å². The van der Waals surface area contributed by atoms with Gasteiger partial charge in [-0.1, -0.05) is 44.0 Å². The van der Waals surface area contributed by atoms with Crippen LogP contribution in [0.5, 0.6) is 11.5 Å². The molecule has 198 valence electrons. The predicted octanol–water partition coefficient (Wildman–Crippen LogP) is 6.96. The zero-order valence-corrected chi connectivity index (χ0v) is 22.6. The minimum atomic E-state index is -0.357. The molecule has 9 heteroatoms. The van der Waals surface area contributed by atoms with Crippen molar-refractivity contribution in [2.24, 2.45) is 5.92 Å². The molecule has 0 radical (unpaired) electrons. The number of halogens is 3. The first-order valence-electron chi connectivity index (χ1n) is 11.9. The second-order valence-corrected chi connectivity index (χ2v) is 9.37. The maximum atomic E-state index is 14.1. The highest BCUT2D eigenvalue weighted by Crippen LogP contribution is 2.49. The Balaban J connectivity index is 0.00000101. The maximum absolute atomic E-state index is 14.1. The summed E-state index contributed by atoms with van der Waals surface area (Å²) in [7, 11) is 0. The number of anilines is 1. The predicted molar refractivity (Wildman–Crippen MR) is 144 cm³/mol. The number of amides is 1. The molecule has 2 fully saturated rings. The monoisotopic (exact) mass is 540 g/mol. The van der Waals surface area contributed by atoms with Crippen molar-refractivity contribution in [1.29, 1.82) is 0 Å². The number of rotatable bonds is 6. The number of nitrogens with one attached hydrogen (secondary N) is 2. The Morgan fingerprint density at radius 2 is 1.61 bits per heavy atom.